The van der Waals surface area contributed by atoms with E-state index in [4.69, 9.17) is 14.2 Å². The number of ether oxygens (including phenoxy) is 3. The molecule has 0 saturated heterocycles. The second-order valence-electron chi connectivity index (χ2n) is 5.30. The van der Waals surface area contributed by atoms with Gasteiger partial charge in [-0.05, 0) is 25.1 Å². The normalized spacial score (nSPS) is 10.3. The van der Waals surface area contributed by atoms with Gasteiger partial charge in [-0.25, -0.2) is 4.68 Å². The molecule has 0 fully saturated rings. The molecule has 0 aliphatic carbocycles. The molecular weight excluding hydrogens is 340 g/mol. The summed E-state index contributed by atoms with van der Waals surface area (Å²) >= 11 is 0. The van der Waals surface area contributed by atoms with E-state index in [2.05, 4.69) is 5.10 Å². The first-order valence-electron chi connectivity index (χ1n) is 7.96. The van der Waals surface area contributed by atoms with Gasteiger partial charge in [-0.2, -0.15) is 5.10 Å². The molecule has 0 bridgehead atoms. The fourth-order valence-electron chi connectivity index (χ4n) is 2.31. The molecule has 0 saturated carbocycles. The summed E-state index contributed by atoms with van der Waals surface area (Å²) in [6.45, 7) is 1.53. The van der Waals surface area contributed by atoms with Crippen LogP contribution in [0, 0.1) is 0 Å². The summed E-state index contributed by atoms with van der Waals surface area (Å²) in [4.78, 5) is 35.3. The number of hydrogen-bond acceptors (Lipinski definition) is 7. The number of carbonyl (C=O) groups excluding carboxylic acids is 2. The van der Waals surface area contributed by atoms with Crippen LogP contribution < -0.4 is 15.0 Å². The molecule has 1 heterocycles. The van der Waals surface area contributed by atoms with E-state index in [1.54, 1.807) is 38.3 Å². The molecular formula is C18H20N2O6. The van der Waals surface area contributed by atoms with Crippen molar-refractivity contribution < 1.29 is 23.8 Å². The lowest BCUT2D eigenvalue weighted by Gasteiger charge is -2.11. The number of ketones is 1. The third-order valence-electron chi connectivity index (χ3n) is 3.52. The quantitative estimate of drug-likeness (QED) is 0.519. The van der Waals surface area contributed by atoms with E-state index in [1.807, 2.05) is 0 Å². The molecule has 0 spiro atoms. The minimum Gasteiger partial charge on any atom is -0.497 e. The van der Waals surface area contributed by atoms with Crippen molar-refractivity contribution >= 4 is 11.8 Å². The molecule has 1 aromatic heterocycles. The number of carbonyl (C=O) groups is 2. The fraction of sp³-hybridized carbons (Fsp3) is 0.333. The highest BCUT2D eigenvalue weighted by Crippen LogP contribution is 2.31. The molecule has 138 valence electrons. The van der Waals surface area contributed by atoms with Gasteiger partial charge in [-0.3, -0.25) is 14.4 Å². The largest absolute Gasteiger partial charge is 0.497 e. The van der Waals surface area contributed by atoms with E-state index in [9.17, 15) is 14.4 Å². The molecule has 8 heteroatoms. The van der Waals surface area contributed by atoms with Gasteiger partial charge in [0.25, 0.3) is 5.56 Å². The number of nitrogens with zero attached hydrogens (tertiary/aromatic N) is 2. The molecule has 0 amide bonds. The van der Waals surface area contributed by atoms with Crippen molar-refractivity contribution in [3.63, 3.8) is 0 Å². The van der Waals surface area contributed by atoms with Crippen LogP contribution in [-0.4, -0.2) is 42.4 Å². The van der Waals surface area contributed by atoms with Gasteiger partial charge in [0, 0.05) is 17.7 Å². The van der Waals surface area contributed by atoms with Crippen LogP contribution in [0.25, 0.3) is 11.3 Å². The number of benzene rings is 1. The maximum absolute atomic E-state index is 12.0. The molecule has 0 atom stereocenters. The van der Waals surface area contributed by atoms with Crippen molar-refractivity contribution in [1.29, 1.82) is 0 Å². The van der Waals surface area contributed by atoms with Crippen molar-refractivity contribution in [3.8, 4) is 22.8 Å². The van der Waals surface area contributed by atoms with Gasteiger partial charge in [-0.1, -0.05) is 0 Å². The monoisotopic (exact) mass is 360 g/mol. The minimum absolute atomic E-state index is 0.192. The summed E-state index contributed by atoms with van der Waals surface area (Å²) < 4.78 is 16.2. The second kappa shape index (κ2) is 8.80. The molecule has 26 heavy (non-hydrogen) atoms. The molecule has 0 radical (unpaired) electrons. The van der Waals surface area contributed by atoms with Crippen molar-refractivity contribution in [2.24, 2.45) is 0 Å². The standard InChI is InChI=1S/C18H20N2O6/c1-4-26-18(23)9-12(21)11-20-17(22)8-7-15(19-20)14-6-5-13(24-2)10-16(14)25-3/h5-8,10H,4,9,11H2,1-3H3. The van der Waals surface area contributed by atoms with E-state index >= 15 is 0 Å². The summed E-state index contributed by atoms with van der Waals surface area (Å²) in [5, 5.41) is 4.21. The predicted octanol–water partition coefficient (Wildman–Crippen LogP) is 1.45. The first-order chi connectivity index (χ1) is 12.5. The van der Waals surface area contributed by atoms with Crippen LogP contribution in [0.5, 0.6) is 11.5 Å². The van der Waals surface area contributed by atoms with E-state index in [0.29, 0.717) is 22.8 Å². The Morgan fingerprint density at radius 3 is 2.54 bits per heavy atom. The van der Waals surface area contributed by atoms with Crippen LogP contribution in [0.1, 0.15) is 13.3 Å². The lowest BCUT2D eigenvalue weighted by Crippen LogP contribution is -2.27. The van der Waals surface area contributed by atoms with Crippen LogP contribution in [0.4, 0.5) is 0 Å². The Kier molecular flexibility index (Phi) is 6.48. The van der Waals surface area contributed by atoms with Gasteiger partial charge < -0.3 is 14.2 Å². The summed E-state index contributed by atoms with van der Waals surface area (Å²) in [6.07, 6.45) is -0.405. The van der Waals surface area contributed by atoms with E-state index in [1.165, 1.54) is 13.2 Å². The van der Waals surface area contributed by atoms with Gasteiger partial charge >= 0.3 is 5.97 Å². The molecule has 0 aliphatic rings. The van der Waals surface area contributed by atoms with E-state index < -0.39 is 23.7 Å². The Balaban J connectivity index is 2.29. The van der Waals surface area contributed by atoms with Crippen LogP contribution in [0.2, 0.25) is 0 Å². The molecule has 0 N–H and O–H groups in total. The topological polar surface area (TPSA) is 96.7 Å². The van der Waals surface area contributed by atoms with E-state index in [0.717, 1.165) is 4.68 Å². The fourth-order valence-corrected chi connectivity index (χ4v) is 2.31. The average Bonchev–Trinajstić information content (AvgIpc) is 2.63. The van der Waals surface area contributed by atoms with Crippen LogP contribution in [-0.2, 0) is 20.9 Å². The van der Waals surface area contributed by atoms with E-state index in [-0.39, 0.29) is 13.2 Å². The number of rotatable bonds is 8. The van der Waals surface area contributed by atoms with Gasteiger partial charge in [0.15, 0.2) is 5.78 Å². The highest BCUT2D eigenvalue weighted by molar-refractivity contribution is 5.95. The second-order valence-corrected chi connectivity index (χ2v) is 5.30. The maximum atomic E-state index is 12.0. The highest BCUT2D eigenvalue weighted by Gasteiger charge is 2.14. The predicted molar refractivity (Wildman–Crippen MR) is 93.3 cm³/mol. The molecule has 0 aliphatic heterocycles. The molecule has 8 nitrogen and oxygen atoms in total. The van der Waals surface area contributed by atoms with Crippen LogP contribution in [0.3, 0.4) is 0 Å². The Morgan fingerprint density at radius 1 is 1.12 bits per heavy atom. The van der Waals surface area contributed by atoms with Crippen molar-refractivity contribution in [2.45, 2.75) is 19.9 Å². The summed E-state index contributed by atoms with van der Waals surface area (Å²) in [5.74, 6) is 0.0406. The summed E-state index contributed by atoms with van der Waals surface area (Å²) in [6, 6.07) is 8.02. The number of Topliss-reactive ketones (excluding diaryl/α,β-unsaturated/α-hetero) is 1. The van der Waals surface area contributed by atoms with Crippen molar-refractivity contribution in [2.75, 3.05) is 20.8 Å². The van der Waals surface area contributed by atoms with Crippen LogP contribution >= 0.6 is 0 Å². The highest BCUT2D eigenvalue weighted by atomic mass is 16.5. The van der Waals surface area contributed by atoms with Gasteiger partial charge in [-0.15, -0.1) is 0 Å². The third-order valence-corrected chi connectivity index (χ3v) is 3.52. The Morgan fingerprint density at radius 2 is 1.88 bits per heavy atom. The molecule has 1 aromatic carbocycles. The first kappa shape index (κ1) is 19.2. The summed E-state index contributed by atoms with van der Waals surface area (Å²) in [5.41, 5.74) is 0.645. The average molecular weight is 360 g/mol. The Hall–Kier alpha value is -3.16. The number of aromatic nitrogens is 2. The van der Waals surface area contributed by atoms with Gasteiger partial charge in [0.2, 0.25) is 0 Å². The summed E-state index contributed by atoms with van der Waals surface area (Å²) in [7, 11) is 3.05. The molecule has 2 rings (SSSR count). The minimum atomic E-state index is -0.626. The Bertz CT molecular complexity index is 859. The maximum Gasteiger partial charge on any atom is 0.313 e. The third kappa shape index (κ3) is 4.69. The zero-order valence-electron chi connectivity index (χ0n) is 14.9. The van der Waals surface area contributed by atoms with Gasteiger partial charge in [0.05, 0.1) is 26.5 Å². The number of esters is 1. The molecule has 0 unspecified atom stereocenters. The molecule has 2 aromatic rings. The van der Waals surface area contributed by atoms with Crippen molar-refractivity contribution in [3.05, 3.63) is 40.7 Å². The first-order valence-corrected chi connectivity index (χ1v) is 7.96. The lowest BCUT2D eigenvalue weighted by molar-refractivity contribution is -0.145. The number of hydrogen-bond donors (Lipinski definition) is 0. The zero-order valence-corrected chi connectivity index (χ0v) is 14.9. The zero-order chi connectivity index (χ0) is 19.1. The number of methoxy groups -OCH3 is 2. The SMILES string of the molecule is CCOC(=O)CC(=O)Cn1nc(-c2ccc(OC)cc2OC)ccc1=O. The van der Waals surface area contributed by atoms with Crippen LogP contribution in [0.15, 0.2) is 35.1 Å². The van der Waals surface area contributed by atoms with Crippen molar-refractivity contribution in [1.82, 2.24) is 9.78 Å². The van der Waals surface area contributed by atoms with Gasteiger partial charge in [0.1, 0.15) is 24.5 Å². The Labute approximate surface area is 150 Å². The lowest BCUT2D eigenvalue weighted by atomic mass is 10.1. The smallest absolute Gasteiger partial charge is 0.313 e.